The molecule has 2 unspecified atom stereocenters. The van der Waals surface area contributed by atoms with Gasteiger partial charge in [-0.15, -0.1) is 0 Å². The van der Waals surface area contributed by atoms with E-state index in [0.29, 0.717) is 12.5 Å². The number of hydrogen-bond donors (Lipinski definition) is 1. The number of likely N-dealkylation sites (tertiary alicyclic amines) is 1. The molecule has 0 radical (unpaired) electrons. The molecule has 1 aliphatic heterocycles. The van der Waals surface area contributed by atoms with Crippen LogP contribution in [-0.2, 0) is 11.2 Å². The van der Waals surface area contributed by atoms with Crippen LogP contribution in [0.2, 0.25) is 0 Å². The van der Waals surface area contributed by atoms with Crippen molar-refractivity contribution in [3.63, 3.8) is 0 Å². The Kier molecular flexibility index (Phi) is 4.98. The quantitative estimate of drug-likeness (QED) is 0.917. The van der Waals surface area contributed by atoms with E-state index in [1.807, 2.05) is 35.2 Å². The second-order valence-electron chi connectivity index (χ2n) is 6.01. The SMILES string of the molecule is CC(NC1CCN(C(=O)Cc2ccccc2)C1)c1cnccn1. The van der Waals surface area contributed by atoms with Gasteiger partial charge in [0.15, 0.2) is 0 Å². The van der Waals surface area contributed by atoms with Crippen LogP contribution in [0.3, 0.4) is 0 Å². The van der Waals surface area contributed by atoms with Crippen molar-refractivity contribution in [3.05, 3.63) is 60.2 Å². The lowest BCUT2D eigenvalue weighted by Gasteiger charge is -2.20. The van der Waals surface area contributed by atoms with Gasteiger partial charge in [0.1, 0.15) is 0 Å². The molecule has 2 aromatic rings. The van der Waals surface area contributed by atoms with Gasteiger partial charge in [-0.3, -0.25) is 14.8 Å². The lowest BCUT2D eigenvalue weighted by atomic mass is 10.1. The minimum atomic E-state index is 0.137. The molecule has 0 bridgehead atoms. The predicted molar refractivity (Wildman–Crippen MR) is 88.7 cm³/mol. The van der Waals surface area contributed by atoms with Gasteiger partial charge in [-0.25, -0.2) is 0 Å². The number of carbonyl (C=O) groups is 1. The molecule has 2 heterocycles. The molecule has 1 N–H and O–H groups in total. The van der Waals surface area contributed by atoms with Crippen molar-refractivity contribution in [1.82, 2.24) is 20.2 Å². The van der Waals surface area contributed by atoms with Crippen LogP contribution in [0.1, 0.15) is 30.6 Å². The first-order chi connectivity index (χ1) is 11.2. The van der Waals surface area contributed by atoms with Gasteiger partial charge in [-0.1, -0.05) is 30.3 Å². The summed E-state index contributed by atoms with van der Waals surface area (Å²) in [5, 5.41) is 3.55. The highest BCUT2D eigenvalue weighted by atomic mass is 16.2. The smallest absolute Gasteiger partial charge is 0.227 e. The summed E-state index contributed by atoms with van der Waals surface area (Å²) in [6.07, 6.45) is 6.62. The molecule has 1 saturated heterocycles. The van der Waals surface area contributed by atoms with Gasteiger partial charge >= 0.3 is 0 Å². The predicted octanol–water partition coefficient (Wildman–Crippen LogP) is 1.97. The molecule has 5 nitrogen and oxygen atoms in total. The van der Waals surface area contributed by atoms with E-state index in [1.54, 1.807) is 18.6 Å². The zero-order chi connectivity index (χ0) is 16.1. The van der Waals surface area contributed by atoms with E-state index in [4.69, 9.17) is 0 Å². The average molecular weight is 310 g/mol. The van der Waals surface area contributed by atoms with Gasteiger partial charge in [0, 0.05) is 43.8 Å². The lowest BCUT2D eigenvalue weighted by molar-refractivity contribution is -0.129. The maximum Gasteiger partial charge on any atom is 0.227 e. The number of carbonyl (C=O) groups excluding carboxylic acids is 1. The van der Waals surface area contributed by atoms with Crippen molar-refractivity contribution in [3.8, 4) is 0 Å². The largest absolute Gasteiger partial charge is 0.341 e. The average Bonchev–Trinajstić information content (AvgIpc) is 3.05. The third-order valence-electron chi connectivity index (χ3n) is 4.25. The first kappa shape index (κ1) is 15.6. The Morgan fingerprint density at radius 2 is 2.17 bits per heavy atom. The number of rotatable bonds is 5. The molecule has 0 saturated carbocycles. The van der Waals surface area contributed by atoms with Crippen LogP contribution in [0.5, 0.6) is 0 Å². The van der Waals surface area contributed by atoms with E-state index in [-0.39, 0.29) is 11.9 Å². The zero-order valence-electron chi connectivity index (χ0n) is 13.4. The number of benzene rings is 1. The minimum Gasteiger partial charge on any atom is -0.341 e. The minimum absolute atomic E-state index is 0.137. The molecule has 3 rings (SSSR count). The summed E-state index contributed by atoms with van der Waals surface area (Å²) in [5.41, 5.74) is 2.00. The summed E-state index contributed by atoms with van der Waals surface area (Å²) in [4.78, 5) is 22.8. The van der Waals surface area contributed by atoms with Gasteiger partial charge in [0.05, 0.1) is 12.1 Å². The summed E-state index contributed by atoms with van der Waals surface area (Å²) >= 11 is 0. The van der Waals surface area contributed by atoms with Crippen molar-refractivity contribution < 1.29 is 4.79 Å². The maximum absolute atomic E-state index is 12.4. The monoisotopic (exact) mass is 310 g/mol. The summed E-state index contributed by atoms with van der Waals surface area (Å²) in [7, 11) is 0. The number of hydrogen-bond acceptors (Lipinski definition) is 4. The molecular weight excluding hydrogens is 288 g/mol. The van der Waals surface area contributed by atoms with Gasteiger partial charge < -0.3 is 10.2 Å². The highest BCUT2D eigenvalue weighted by Crippen LogP contribution is 2.16. The summed E-state index contributed by atoms with van der Waals surface area (Å²) in [5.74, 6) is 0.202. The van der Waals surface area contributed by atoms with Gasteiger partial charge in [-0.05, 0) is 18.9 Å². The third kappa shape index (κ3) is 4.13. The first-order valence-electron chi connectivity index (χ1n) is 8.06. The molecule has 1 aromatic carbocycles. The Labute approximate surface area is 136 Å². The number of amides is 1. The van der Waals surface area contributed by atoms with Crippen LogP contribution in [0.15, 0.2) is 48.9 Å². The molecule has 0 aliphatic carbocycles. The van der Waals surface area contributed by atoms with Crippen molar-refractivity contribution in [2.75, 3.05) is 13.1 Å². The molecule has 1 aliphatic rings. The Morgan fingerprint density at radius 3 is 2.91 bits per heavy atom. The highest BCUT2D eigenvalue weighted by Gasteiger charge is 2.27. The van der Waals surface area contributed by atoms with E-state index in [9.17, 15) is 4.79 Å². The highest BCUT2D eigenvalue weighted by molar-refractivity contribution is 5.79. The first-order valence-corrected chi connectivity index (χ1v) is 8.06. The zero-order valence-corrected chi connectivity index (χ0v) is 13.4. The Balaban J connectivity index is 1.51. The second kappa shape index (κ2) is 7.33. The Bertz CT molecular complexity index is 632. The maximum atomic E-state index is 12.4. The van der Waals surface area contributed by atoms with Crippen LogP contribution in [-0.4, -0.2) is 39.9 Å². The van der Waals surface area contributed by atoms with Crippen molar-refractivity contribution in [2.45, 2.75) is 31.8 Å². The van der Waals surface area contributed by atoms with Crippen LogP contribution >= 0.6 is 0 Å². The van der Waals surface area contributed by atoms with Crippen molar-refractivity contribution in [1.29, 1.82) is 0 Å². The van der Waals surface area contributed by atoms with Crippen LogP contribution in [0.25, 0.3) is 0 Å². The van der Waals surface area contributed by atoms with Crippen molar-refractivity contribution in [2.24, 2.45) is 0 Å². The standard InChI is InChI=1S/C18H22N4O/c1-14(17-12-19-8-9-20-17)21-16-7-10-22(13-16)18(23)11-15-5-3-2-4-6-15/h2-6,8-9,12,14,16,21H,7,10-11,13H2,1H3. The van der Waals surface area contributed by atoms with Gasteiger partial charge in [0.2, 0.25) is 5.91 Å². The van der Waals surface area contributed by atoms with E-state index in [0.717, 1.165) is 30.8 Å². The van der Waals surface area contributed by atoms with Gasteiger partial charge in [-0.2, -0.15) is 0 Å². The summed E-state index contributed by atoms with van der Waals surface area (Å²) in [6, 6.07) is 10.4. The topological polar surface area (TPSA) is 58.1 Å². The van der Waals surface area contributed by atoms with E-state index < -0.39 is 0 Å². The molecule has 1 amide bonds. The van der Waals surface area contributed by atoms with E-state index in [2.05, 4.69) is 22.2 Å². The summed E-state index contributed by atoms with van der Waals surface area (Å²) < 4.78 is 0. The molecule has 1 aromatic heterocycles. The molecular formula is C18H22N4O. The van der Waals surface area contributed by atoms with Crippen molar-refractivity contribution >= 4 is 5.91 Å². The fraction of sp³-hybridized carbons (Fsp3) is 0.389. The van der Waals surface area contributed by atoms with Crippen LogP contribution in [0, 0.1) is 0 Å². The summed E-state index contributed by atoms with van der Waals surface area (Å²) in [6.45, 7) is 3.66. The van der Waals surface area contributed by atoms with Crippen LogP contribution in [0.4, 0.5) is 0 Å². The Hall–Kier alpha value is -2.27. The fourth-order valence-corrected chi connectivity index (χ4v) is 2.98. The van der Waals surface area contributed by atoms with Gasteiger partial charge in [0.25, 0.3) is 0 Å². The molecule has 23 heavy (non-hydrogen) atoms. The van der Waals surface area contributed by atoms with E-state index in [1.165, 1.54) is 0 Å². The molecule has 0 spiro atoms. The molecule has 2 atom stereocenters. The number of nitrogens with one attached hydrogen (secondary N) is 1. The lowest BCUT2D eigenvalue weighted by Crippen LogP contribution is -2.37. The Morgan fingerprint density at radius 1 is 1.35 bits per heavy atom. The fourth-order valence-electron chi connectivity index (χ4n) is 2.98. The number of nitrogens with zero attached hydrogens (tertiary/aromatic N) is 3. The molecule has 1 fully saturated rings. The second-order valence-corrected chi connectivity index (χ2v) is 6.01. The third-order valence-corrected chi connectivity index (χ3v) is 4.25. The normalized spacial score (nSPS) is 18.8. The molecule has 120 valence electrons. The van der Waals surface area contributed by atoms with Crippen LogP contribution < -0.4 is 5.32 Å². The van der Waals surface area contributed by atoms with E-state index >= 15 is 0 Å². The number of aromatic nitrogens is 2. The molecule has 5 heteroatoms.